The molecular formula is C19H21N3O3. The van der Waals surface area contributed by atoms with E-state index < -0.39 is 0 Å². The van der Waals surface area contributed by atoms with E-state index in [0.29, 0.717) is 13.1 Å². The molecule has 0 saturated carbocycles. The van der Waals surface area contributed by atoms with Crippen LogP contribution in [0.1, 0.15) is 10.4 Å². The third kappa shape index (κ3) is 3.58. The van der Waals surface area contributed by atoms with E-state index in [9.17, 15) is 4.79 Å². The van der Waals surface area contributed by atoms with E-state index in [4.69, 9.17) is 9.47 Å². The van der Waals surface area contributed by atoms with E-state index in [2.05, 4.69) is 9.88 Å². The first-order valence-electron chi connectivity index (χ1n) is 8.58. The fraction of sp³-hybridized carbons (Fsp3) is 0.368. The number of carbonyl (C=O) groups excluding carboxylic acids is 1. The van der Waals surface area contributed by atoms with Gasteiger partial charge in [-0.25, -0.2) is 0 Å². The third-order valence-corrected chi connectivity index (χ3v) is 4.58. The van der Waals surface area contributed by atoms with Gasteiger partial charge in [0.25, 0.3) is 5.91 Å². The van der Waals surface area contributed by atoms with Gasteiger partial charge < -0.3 is 19.3 Å². The fourth-order valence-corrected chi connectivity index (χ4v) is 3.11. The van der Waals surface area contributed by atoms with Gasteiger partial charge in [0, 0.05) is 36.7 Å². The molecule has 0 aliphatic carbocycles. The largest absolute Gasteiger partial charge is 0.487 e. The molecule has 2 aromatic rings. The standard InChI is InChI=1S/C19H21N3O3/c23-19(22-13-18(14-22)25-17-5-7-20-8-6-17)15-1-3-16(4-2-15)21-9-11-24-12-10-21/h1-8,18H,9-14H2. The lowest BCUT2D eigenvalue weighted by molar-refractivity contribution is 0.0177. The van der Waals surface area contributed by atoms with Gasteiger partial charge in [-0.15, -0.1) is 0 Å². The van der Waals surface area contributed by atoms with Crippen molar-refractivity contribution in [1.29, 1.82) is 0 Å². The van der Waals surface area contributed by atoms with Crippen LogP contribution in [0.2, 0.25) is 0 Å². The third-order valence-electron chi connectivity index (χ3n) is 4.58. The number of hydrogen-bond donors (Lipinski definition) is 0. The summed E-state index contributed by atoms with van der Waals surface area (Å²) < 4.78 is 11.2. The van der Waals surface area contributed by atoms with Crippen LogP contribution in [0.15, 0.2) is 48.8 Å². The Morgan fingerprint density at radius 3 is 2.40 bits per heavy atom. The first kappa shape index (κ1) is 15.9. The molecule has 1 aromatic carbocycles. The molecule has 3 heterocycles. The van der Waals surface area contributed by atoms with Crippen molar-refractivity contribution in [2.24, 2.45) is 0 Å². The predicted octanol–water partition coefficient (Wildman–Crippen LogP) is 1.82. The van der Waals surface area contributed by atoms with Crippen LogP contribution >= 0.6 is 0 Å². The van der Waals surface area contributed by atoms with Gasteiger partial charge in [0.1, 0.15) is 11.9 Å². The SMILES string of the molecule is O=C(c1ccc(N2CCOCC2)cc1)N1CC(Oc2ccncc2)C1. The molecule has 0 N–H and O–H groups in total. The second kappa shape index (κ2) is 7.11. The minimum absolute atomic E-state index is 0.0546. The summed E-state index contributed by atoms with van der Waals surface area (Å²) in [5, 5.41) is 0. The number of morpholine rings is 1. The van der Waals surface area contributed by atoms with E-state index in [1.54, 1.807) is 12.4 Å². The van der Waals surface area contributed by atoms with Crippen molar-refractivity contribution >= 4 is 11.6 Å². The quantitative estimate of drug-likeness (QED) is 0.850. The van der Waals surface area contributed by atoms with Crippen LogP contribution in [-0.4, -0.2) is 61.3 Å². The van der Waals surface area contributed by atoms with Gasteiger partial charge in [-0.2, -0.15) is 0 Å². The van der Waals surface area contributed by atoms with Gasteiger partial charge in [0.2, 0.25) is 0 Å². The summed E-state index contributed by atoms with van der Waals surface area (Å²) in [6.07, 6.45) is 3.46. The average Bonchev–Trinajstić information content (AvgIpc) is 2.65. The predicted molar refractivity (Wildman–Crippen MR) is 94.0 cm³/mol. The molecular weight excluding hydrogens is 318 g/mol. The van der Waals surface area contributed by atoms with Crippen LogP contribution in [-0.2, 0) is 4.74 Å². The highest BCUT2D eigenvalue weighted by atomic mass is 16.5. The van der Waals surface area contributed by atoms with Crippen LogP contribution in [0, 0.1) is 0 Å². The number of benzene rings is 1. The van der Waals surface area contributed by atoms with Gasteiger partial charge in [-0.3, -0.25) is 9.78 Å². The molecule has 1 aromatic heterocycles. The minimum atomic E-state index is 0.0546. The van der Waals surface area contributed by atoms with Crippen molar-refractivity contribution in [1.82, 2.24) is 9.88 Å². The second-order valence-electron chi connectivity index (χ2n) is 6.28. The number of aromatic nitrogens is 1. The van der Waals surface area contributed by atoms with E-state index in [0.717, 1.165) is 43.3 Å². The summed E-state index contributed by atoms with van der Waals surface area (Å²) in [6, 6.07) is 11.5. The number of rotatable bonds is 4. The molecule has 0 bridgehead atoms. The molecule has 2 saturated heterocycles. The lowest BCUT2D eigenvalue weighted by Crippen LogP contribution is -2.56. The van der Waals surface area contributed by atoms with Crippen molar-refractivity contribution in [3.8, 4) is 5.75 Å². The highest BCUT2D eigenvalue weighted by molar-refractivity contribution is 5.95. The number of anilines is 1. The normalized spacial score (nSPS) is 17.9. The molecule has 1 amide bonds. The lowest BCUT2D eigenvalue weighted by atomic mass is 10.1. The van der Waals surface area contributed by atoms with E-state index in [1.165, 1.54) is 0 Å². The maximum atomic E-state index is 12.5. The smallest absolute Gasteiger partial charge is 0.254 e. The van der Waals surface area contributed by atoms with E-state index in [-0.39, 0.29) is 12.0 Å². The summed E-state index contributed by atoms with van der Waals surface area (Å²) >= 11 is 0. The average molecular weight is 339 g/mol. The number of pyridine rings is 1. The van der Waals surface area contributed by atoms with Crippen molar-refractivity contribution < 1.29 is 14.3 Å². The Kier molecular flexibility index (Phi) is 4.52. The van der Waals surface area contributed by atoms with Crippen molar-refractivity contribution in [3.63, 3.8) is 0 Å². The second-order valence-corrected chi connectivity index (χ2v) is 6.28. The molecule has 25 heavy (non-hydrogen) atoms. The molecule has 0 unspecified atom stereocenters. The molecule has 0 spiro atoms. The number of hydrogen-bond acceptors (Lipinski definition) is 5. The number of amides is 1. The van der Waals surface area contributed by atoms with Gasteiger partial charge in [-0.1, -0.05) is 0 Å². The summed E-state index contributed by atoms with van der Waals surface area (Å²) in [4.78, 5) is 20.6. The highest BCUT2D eigenvalue weighted by Gasteiger charge is 2.32. The Morgan fingerprint density at radius 1 is 1.04 bits per heavy atom. The Balaban J connectivity index is 1.31. The molecule has 0 atom stereocenters. The van der Waals surface area contributed by atoms with Crippen LogP contribution in [0.5, 0.6) is 5.75 Å². The van der Waals surface area contributed by atoms with Crippen molar-refractivity contribution in [2.45, 2.75) is 6.10 Å². The number of nitrogens with zero attached hydrogens (tertiary/aromatic N) is 3. The summed E-state index contributed by atoms with van der Waals surface area (Å²) in [5.41, 5.74) is 1.86. The highest BCUT2D eigenvalue weighted by Crippen LogP contribution is 2.21. The first-order chi connectivity index (χ1) is 12.3. The Morgan fingerprint density at radius 2 is 1.72 bits per heavy atom. The lowest BCUT2D eigenvalue weighted by Gasteiger charge is -2.39. The minimum Gasteiger partial charge on any atom is -0.487 e. The van der Waals surface area contributed by atoms with Crippen LogP contribution in [0.25, 0.3) is 0 Å². The van der Waals surface area contributed by atoms with Crippen molar-refractivity contribution in [2.75, 3.05) is 44.3 Å². The molecule has 2 fully saturated rings. The van der Waals surface area contributed by atoms with Gasteiger partial charge in [0.05, 0.1) is 26.3 Å². The fourth-order valence-electron chi connectivity index (χ4n) is 3.11. The maximum absolute atomic E-state index is 12.5. The van der Waals surface area contributed by atoms with Gasteiger partial charge in [-0.05, 0) is 36.4 Å². The maximum Gasteiger partial charge on any atom is 0.254 e. The zero-order chi connectivity index (χ0) is 17.1. The van der Waals surface area contributed by atoms with Crippen LogP contribution < -0.4 is 9.64 Å². The van der Waals surface area contributed by atoms with Gasteiger partial charge >= 0.3 is 0 Å². The molecule has 6 heteroatoms. The number of likely N-dealkylation sites (tertiary alicyclic amines) is 1. The monoisotopic (exact) mass is 339 g/mol. The van der Waals surface area contributed by atoms with Gasteiger partial charge in [0.15, 0.2) is 0 Å². The molecule has 2 aliphatic heterocycles. The Hall–Kier alpha value is -2.60. The summed E-state index contributed by atoms with van der Waals surface area (Å²) in [7, 11) is 0. The number of ether oxygens (including phenoxy) is 2. The first-order valence-corrected chi connectivity index (χ1v) is 8.58. The summed E-state index contributed by atoms with van der Waals surface area (Å²) in [5.74, 6) is 0.852. The number of carbonyl (C=O) groups is 1. The molecule has 2 aliphatic rings. The Labute approximate surface area is 147 Å². The molecule has 130 valence electrons. The summed E-state index contributed by atoms with van der Waals surface area (Å²) in [6.45, 7) is 4.54. The van der Waals surface area contributed by atoms with E-state index >= 15 is 0 Å². The molecule has 0 radical (unpaired) electrons. The van der Waals surface area contributed by atoms with Crippen molar-refractivity contribution in [3.05, 3.63) is 54.4 Å². The van der Waals surface area contributed by atoms with Crippen LogP contribution in [0.4, 0.5) is 5.69 Å². The zero-order valence-corrected chi connectivity index (χ0v) is 14.0. The Bertz CT molecular complexity index is 708. The van der Waals surface area contributed by atoms with E-state index in [1.807, 2.05) is 41.3 Å². The molecule has 4 rings (SSSR count). The van der Waals surface area contributed by atoms with Crippen LogP contribution in [0.3, 0.4) is 0 Å². The zero-order valence-electron chi connectivity index (χ0n) is 14.0. The topological polar surface area (TPSA) is 54.9 Å². The molecule has 6 nitrogen and oxygen atoms in total.